The summed E-state index contributed by atoms with van der Waals surface area (Å²) in [4.78, 5) is 0. The van der Waals surface area contributed by atoms with Crippen LogP contribution in [0.5, 0.6) is 0 Å². The van der Waals surface area contributed by atoms with Crippen LogP contribution >= 0.6 is 0 Å². The van der Waals surface area contributed by atoms with Gasteiger partial charge in [0.1, 0.15) is 0 Å². The lowest BCUT2D eigenvalue weighted by Crippen LogP contribution is -2.26. The van der Waals surface area contributed by atoms with Gasteiger partial charge < -0.3 is 5.32 Å². The molecule has 1 aliphatic rings. The standard InChI is InChI=1S/C15H21N/c1-2-7-13-8-6-11-15(12-13)16-14-9-4-3-5-10-14/h2-5,7,9-10,13,15-16H,6,8,11-12H2,1H3/t13-,15+/m0/s1. The summed E-state index contributed by atoms with van der Waals surface area (Å²) in [6, 6.07) is 11.2. The van der Waals surface area contributed by atoms with Gasteiger partial charge >= 0.3 is 0 Å². The lowest BCUT2D eigenvalue weighted by atomic mass is 9.85. The summed E-state index contributed by atoms with van der Waals surface area (Å²) in [5.41, 5.74) is 1.26. The molecule has 2 rings (SSSR count). The zero-order valence-electron chi connectivity index (χ0n) is 10.0. The van der Waals surface area contributed by atoms with Crippen LogP contribution in [0.2, 0.25) is 0 Å². The first-order valence-corrected chi connectivity index (χ1v) is 6.33. The monoisotopic (exact) mass is 215 g/mol. The summed E-state index contributed by atoms with van der Waals surface area (Å²) in [6.07, 6.45) is 9.84. The molecule has 0 heterocycles. The number of benzene rings is 1. The van der Waals surface area contributed by atoms with Gasteiger partial charge in [0.05, 0.1) is 0 Å². The fraction of sp³-hybridized carbons (Fsp3) is 0.467. The molecule has 1 aromatic carbocycles. The third-order valence-electron chi connectivity index (χ3n) is 3.32. The molecule has 1 aromatic rings. The number of para-hydroxylation sites is 1. The molecule has 1 N–H and O–H groups in total. The van der Waals surface area contributed by atoms with Gasteiger partial charge in [0.15, 0.2) is 0 Å². The van der Waals surface area contributed by atoms with Crippen LogP contribution in [0.3, 0.4) is 0 Å². The van der Waals surface area contributed by atoms with E-state index in [2.05, 4.69) is 54.7 Å². The fourth-order valence-electron chi connectivity index (χ4n) is 2.58. The normalized spacial score (nSPS) is 25.8. The first kappa shape index (κ1) is 11.3. The van der Waals surface area contributed by atoms with Gasteiger partial charge in [-0.15, -0.1) is 0 Å². The summed E-state index contributed by atoms with van der Waals surface area (Å²) in [5, 5.41) is 3.64. The van der Waals surface area contributed by atoms with Crippen molar-refractivity contribution < 1.29 is 0 Å². The quantitative estimate of drug-likeness (QED) is 0.744. The number of allylic oxidation sites excluding steroid dienone is 2. The topological polar surface area (TPSA) is 12.0 Å². The van der Waals surface area contributed by atoms with E-state index >= 15 is 0 Å². The van der Waals surface area contributed by atoms with Gasteiger partial charge in [0.2, 0.25) is 0 Å². The largest absolute Gasteiger partial charge is 0.382 e. The van der Waals surface area contributed by atoms with Crippen LogP contribution in [0.15, 0.2) is 42.5 Å². The SMILES string of the molecule is CC=C[C@H]1CCC[C@@H](Nc2ccccc2)C1. The fourth-order valence-corrected chi connectivity index (χ4v) is 2.58. The van der Waals surface area contributed by atoms with Crippen LogP contribution in [0.1, 0.15) is 32.6 Å². The van der Waals surface area contributed by atoms with Gasteiger partial charge in [-0.05, 0) is 44.2 Å². The molecule has 0 amide bonds. The second-order valence-electron chi connectivity index (χ2n) is 4.66. The molecule has 0 radical (unpaired) electrons. The Morgan fingerprint density at radius 1 is 1.19 bits per heavy atom. The highest BCUT2D eigenvalue weighted by Crippen LogP contribution is 2.27. The van der Waals surface area contributed by atoms with Crippen molar-refractivity contribution in [3.8, 4) is 0 Å². The zero-order valence-corrected chi connectivity index (χ0v) is 10.0. The maximum Gasteiger partial charge on any atom is 0.0342 e. The molecule has 0 unspecified atom stereocenters. The Balaban J connectivity index is 1.90. The van der Waals surface area contributed by atoms with Crippen molar-refractivity contribution >= 4 is 5.69 Å². The molecular formula is C15H21N. The molecule has 0 aromatic heterocycles. The Labute approximate surface area is 98.6 Å². The maximum atomic E-state index is 3.64. The van der Waals surface area contributed by atoms with E-state index < -0.39 is 0 Å². The van der Waals surface area contributed by atoms with Crippen molar-refractivity contribution in [2.75, 3.05) is 5.32 Å². The second-order valence-corrected chi connectivity index (χ2v) is 4.66. The molecule has 2 atom stereocenters. The molecule has 0 aliphatic heterocycles. The molecule has 1 aliphatic carbocycles. The first-order chi connectivity index (χ1) is 7.88. The maximum absolute atomic E-state index is 3.64. The van der Waals surface area contributed by atoms with Crippen LogP contribution in [-0.2, 0) is 0 Å². The van der Waals surface area contributed by atoms with Gasteiger partial charge in [-0.2, -0.15) is 0 Å². The third kappa shape index (κ3) is 3.13. The van der Waals surface area contributed by atoms with Gasteiger partial charge in [-0.25, -0.2) is 0 Å². The summed E-state index contributed by atoms with van der Waals surface area (Å²) >= 11 is 0. The van der Waals surface area contributed by atoms with Gasteiger partial charge in [0, 0.05) is 11.7 Å². The van der Waals surface area contributed by atoms with Crippen molar-refractivity contribution in [1.82, 2.24) is 0 Å². The second kappa shape index (κ2) is 5.74. The highest BCUT2D eigenvalue weighted by atomic mass is 14.9. The Morgan fingerprint density at radius 3 is 2.75 bits per heavy atom. The van der Waals surface area contributed by atoms with Crippen molar-refractivity contribution in [2.24, 2.45) is 5.92 Å². The zero-order chi connectivity index (χ0) is 11.2. The molecular weight excluding hydrogens is 194 g/mol. The number of hydrogen-bond acceptors (Lipinski definition) is 1. The van der Waals surface area contributed by atoms with E-state index in [1.165, 1.54) is 31.4 Å². The van der Waals surface area contributed by atoms with Crippen molar-refractivity contribution in [2.45, 2.75) is 38.6 Å². The minimum absolute atomic E-state index is 0.650. The van der Waals surface area contributed by atoms with E-state index in [1.54, 1.807) is 0 Å². The predicted octanol–water partition coefficient (Wildman–Crippen LogP) is 4.23. The highest BCUT2D eigenvalue weighted by molar-refractivity contribution is 5.43. The lowest BCUT2D eigenvalue weighted by molar-refractivity contribution is 0.388. The van der Waals surface area contributed by atoms with Crippen molar-refractivity contribution in [1.29, 1.82) is 0 Å². The molecule has 0 saturated heterocycles. The third-order valence-corrected chi connectivity index (χ3v) is 3.32. The van der Waals surface area contributed by atoms with E-state index in [0.29, 0.717) is 6.04 Å². The Hall–Kier alpha value is -1.24. The average Bonchev–Trinajstić information content (AvgIpc) is 2.31. The van der Waals surface area contributed by atoms with Crippen molar-refractivity contribution in [3.63, 3.8) is 0 Å². The molecule has 1 nitrogen and oxygen atoms in total. The minimum Gasteiger partial charge on any atom is -0.382 e. The van der Waals surface area contributed by atoms with Crippen molar-refractivity contribution in [3.05, 3.63) is 42.5 Å². The number of anilines is 1. The Bertz CT molecular complexity index is 329. The summed E-state index contributed by atoms with van der Waals surface area (Å²) in [5.74, 6) is 0.778. The Kier molecular flexibility index (Phi) is 4.03. The van der Waals surface area contributed by atoms with E-state index in [1.807, 2.05) is 0 Å². The number of hydrogen-bond donors (Lipinski definition) is 1. The van der Waals surface area contributed by atoms with E-state index in [9.17, 15) is 0 Å². The molecule has 0 spiro atoms. The first-order valence-electron chi connectivity index (χ1n) is 6.33. The summed E-state index contributed by atoms with van der Waals surface area (Å²) in [6.45, 7) is 2.12. The average molecular weight is 215 g/mol. The van der Waals surface area contributed by atoms with Crippen LogP contribution in [0, 0.1) is 5.92 Å². The Morgan fingerprint density at radius 2 is 2.00 bits per heavy atom. The molecule has 1 heteroatoms. The molecule has 1 fully saturated rings. The van der Waals surface area contributed by atoms with E-state index in [4.69, 9.17) is 0 Å². The summed E-state index contributed by atoms with van der Waals surface area (Å²) < 4.78 is 0. The van der Waals surface area contributed by atoms with Gasteiger partial charge in [0.25, 0.3) is 0 Å². The lowest BCUT2D eigenvalue weighted by Gasteiger charge is -2.28. The van der Waals surface area contributed by atoms with Crippen LogP contribution in [0.25, 0.3) is 0 Å². The number of nitrogens with one attached hydrogen (secondary N) is 1. The van der Waals surface area contributed by atoms with Crippen LogP contribution in [0.4, 0.5) is 5.69 Å². The van der Waals surface area contributed by atoms with E-state index in [0.717, 1.165) is 5.92 Å². The molecule has 16 heavy (non-hydrogen) atoms. The minimum atomic E-state index is 0.650. The predicted molar refractivity (Wildman–Crippen MR) is 70.6 cm³/mol. The molecule has 1 saturated carbocycles. The van der Waals surface area contributed by atoms with Gasteiger partial charge in [-0.1, -0.05) is 36.8 Å². The van der Waals surface area contributed by atoms with Crippen LogP contribution < -0.4 is 5.32 Å². The van der Waals surface area contributed by atoms with E-state index in [-0.39, 0.29) is 0 Å². The highest BCUT2D eigenvalue weighted by Gasteiger charge is 2.19. The molecule has 86 valence electrons. The molecule has 0 bridgehead atoms. The summed E-state index contributed by atoms with van der Waals surface area (Å²) in [7, 11) is 0. The smallest absolute Gasteiger partial charge is 0.0342 e. The van der Waals surface area contributed by atoms with Crippen LogP contribution in [-0.4, -0.2) is 6.04 Å². The number of rotatable bonds is 3. The van der Waals surface area contributed by atoms with Gasteiger partial charge in [-0.3, -0.25) is 0 Å².